The molecule has 108 heavy (non-hydrogen) atoms. The molecule has 0 radical (unpaired) electrons. The number of carbonyl (C=O) groups excluding carboxylic acids is 4. The van der Waals surface area contributed by atoms with Gasteiger partial charge in [-0.05, 0) is 167 Å². The summed E-state index contributed by atoms with van der Waals surface area (Å²) in [7, 11) is -10.1. The minimum Gasteiger partial charge on any atom is -0.462 e. The summed E-state index contributed by atoms with van der Waals surface area (Å²) in [5, 5.41) is 10.6. The summed E-state index contributed by atoms with van der Waals surface area (Å²) >= 11 is 0. The Labute approximate surface area is 651 Å². The summed E-state index contributed by atoms with van der Waals surface area (Å²) in [6, 6.07) is 0. The van der Waals surface area contributed by atoms with Crippen LogP contribution in [0.25, 0.3) is 0 Å². The van der Waals surface area contributed by atoms with Crippen molar-refractivity contribution in [3.63, 3.8) is 0 Å². The molecule has 0 heterocycles. The van der Waals surface area contributed by atoms with E-state index in [-0.39, 0.29) is 25.7 Å². The van der Waals surface area contributed by atoms with Gasteiger partial charge < -0.3 is 33.8 Å². The predicted molar refractivity (Wildman–Crippen MR) is 445 cm³/mol. The predicted octanol–water partition coefficient (Wildman–Crippen LogP) is 23.7. The number of aliphatic hydroxyl groups is 1. The molecule has 17 nitrogen and oxygen atoms in total. The number of aliphatic hydroxyl groups excluding tert-OH is 1. The van der Waals surface area contributed by atoms with Gasteiger partial charge in [0.05, 0.1) is 32.8 Å². The zero-order valence-electron chi connectivity index (χ0n) is 66.2. The summed E-state index contributed by atoms with van der Waals surface area (Å²) in [4.78, 5) is 73.0. The van der Waals surface area contributed by atoms with Crippen molar-refractivity contribution < 1.29 is 80.2 Å². The zero-order valence-corrected chi connectivity index (χ0v) is 68.0. The zero-order chi connectivity index (χ0) is 78.9. The third-order valence-electron chi connectivity index (χ3n) is 15.4. The number of phosphoric ester groups is 2. The molecule has 0 bridgehead atoms. The first kappa shape index (κ1) is 101. The number of allylic oxidation sites excluding steroid dienone is 35. The van der Waals surface area contributed by atoms with E-state index in [1.807, 2.05) is 36.5 Å². The first-order chi connectivity index (χ1) is 52.7. The third kappa shape index (κ3) is 77.5. The van der Waals surface area contributed by atoms with Gasteiger partial charge in [0.15, 0.2) is 12.2 Å². The number of carbonyl (C=O) groups is 4. The summed E-state index contributed by atoms with van der Waals surface area (Å²) in [5.41, 5.74) is 0. The largest absolute Gasteiger partial charge is 0.472 e. The smallest absolute Gasteiger partial charge is 0.462 e. The molecule has 0 aliphatic heterocycles. The Morgan fingerprint density at radius 3 is 0.861 bits per heavy atom. The molecule has 0 spiro atoms. The second kappa shape index (κ2) is 78.5. The molecule has 0 rings (SSSR count). The van der Waals surface area contributed by atoms with E-state index in [1.54, 1.807) is 12.2 Å². The molecule has 3 N–H and O–H groups in total. The molecule has 5 unspecified atom stereocenters. The molecule has 0 saturated carbocycles. The minimum absolute atomic E-state index is 0.00838. The van der Waals surface area contributed by atoms with Crippen LogP contribution in [0.2, 0.25) is 0 Å². The highest BCUT2D eigenvalue weighted by molar-refractivity contribution is 7.47. The third-order valence-corrected chi connectivity index (χ3v) is 17.3. The second-order valence-corrected chi connectivity index (χ2v) is 28.4. The van der Waals surface area contributed by atoms with Gasteiger partial charge in [-0.25, -0.2) is 9.13 Å². The van der Waals surface area contributed by atoms with Crippen LogP contribution < -0.4 is 0 Å². The van der Waals surface area contributed by atoms with E-state index in [9.17, 15) is 43.2 Å². The topological polar surface area (TPSA) is 237 Å². The van der Waals surface area contributed by atoms with Crippen LogP contribution in [-0.2, 0) is 65.4 Å². The number of unbranched alkanes of at least 4 members (excludes halogenated alkanes) is 11. The summed E-state index contributed by atoms with van der Waals surface area (Å²) in [5.74, 6) is -2.50. The Balaban J connectivity index is 5.57. The Hall–Kier alpha value is -6.62. The Morgan fingerprint density at radius 2 is 0.528 bits per heavy atom. The Bertz CT molecular complexity index is 2910. The highest BCUT2D eigenvalue weighted by atomic mass is 31.2. The molecule has 606 valence electrons. The number of hydrogen-bond acceptors (Lipinski definition) is 15. The van der Waals surface area contributed by atoms with E-state index in [0.717, 1.165) is 148 Å². The summed E-state index contributed by atoms with van der Waals surface area (Å²) in [6.07, 6.45) is 99.7. The van der Waals surface area contributed by atoms with Crippen LogP contribution in [0.15, 0.2) is 219 Å². The molecule has 0 aliphatic rings. The molecule has 0 fully saturated rings. The number of hydrogen-bond donors (Lipinski definition) is 3. The molecule has 0 aromatic heterocycles. The number of ether oxygens (including phenoxy) is 4. The Kier molecular flexibility index (Phi) is 73.7. The molecule has 0 aliphatic carbocycles. The van der Waals surface area contributed by atoms with Crippen molar-refractivity contribution in [2.24, 2.45) is 0 Å². The lowest BCUT2D eigenvalue weighted by molar-refractivity contribution is -0.161. The number of phosphoric acid groups is 2. The first-order valence-corrected chi connectivity index (χ1v) is 43.0. The van der Waals surface area contributed by atoms with Gasteiger partial charge in [-0.3, -0.25) is 37.3 Å². The van der Waals surface area contributed by atoms with Crippen LogP contribution >= 0.6 is 15.6 Å². The van der Waals surface area contributed by atoms with Gasteiger partial charge in [0.2, 0.25) is 0 Å². The molecule has 19 heteroatoms. The number of rotatable bonds is 72. The second-order valence-electron chi connectivity index (χ2n) is 25.5. The lowest BCUT2D eigenvalue weighted by Crippen LogP contribution is -2.30. The molecular weight excluding hydrogens is 1400 g/mol. The van der Waals surface area contributed by atoms with Crippen LogP contribution in [0.1, 0.15) is 259 Å². The summed E-state index contributed by atoms with van der Waals surface area (Å²) in [6.45, 7) is 4.20. The van der Waals surface area contributed by atoms with Crippen molar-refractivity contribution >= 4 is 39.5 Å². The van der Waals surface area contributed by atoms with E-state index in [0.29, 0.717) is 38.5 Å². The molecule has 0 amide bonds. The maximum Gasteiger partial charge on any atom is 0.472 e. The lowest BCUT2D eigenvalue weighted by atomic mass is 10.1. The van der Waals surface area contributed by atoms with E-state index < -0.39 is 97.5 Å². The van der Waals surface area contributed by atoms with Crippen molar-refractivity contribution in [1.82, 2.24) is 0 Å². The van der Waals surface area contributed by atoms with Crippen LogP contribution in [0.5, 0.6) is 0 Å². The Morgan fingerprint density at radius 1 is 0.278 bits per heavy atom. The lowest BCUT2D eigenvalue weighted by Gasteiger charge is -2.21. The van der Waals surface area contributed by atoms with Crippen LogP contribution in [-0.4, -0.2) is 96.7 Å². The monoisotopic (exact) mass is 1540 g/mol. The van der Waals surface area contributed by atoms with E-state index in [2.05, 4.69) is 198 Å². The average Bonchev–Trinajstić information content (AvgIpc) is 0.901. The normalized spacial score (nSPS) is 15.0. The fourth-order valence-electron chi connectivity index (χ4n) is 9.49. The fourth-order valence-corrected chi connectivity index (χ4v) is 11.1. The van der Waals surface area contributed by atoms with Crippen molar-refractivity contribution in [3.05, 3.63) is 219 Å². The van der Waals surface area contributed by atoms with Crippen LogP contribution in [0.4, 0.5) is 0 Å². The fraction of sp³-hybridized carbons (Fsp3) is 0.551. The van der Waals surface area contributed by atoms with Gasteiger partial charge in [-0.1, -0.05) is 285 Å². The molecular formula is C89H138O17P2. The molecule has 0 aromatic carbocycles. The van der Waals surface area contributed by atoms with E-state index >= 15 is 0 Å². The van der Waals surface area contributed by atoms with Gasteiger partial charge in [0.25, 0.3) is 0 Å². The maximum absolute atomic E-state index is 13.1. The van der Waals surface area contributed by atoms with Gasteiger partial charge in [-0.15, -0.1) is 0 Å². The molecule has 5 atom stereocenters. The van der Waals surface area contributed by atoms with Gasteiger partial charge in [0, 0.05) is 19.3 Å². The van der Waals surface area contributed by atoms with Crippen LogP contribution in [0.3, 0.4) is 0 Å². The van der Waals surface area contributed by atoms with E-state index in [1.165, 1.54) is 19.3 Å². The van der Waals surface area contributed by atoms with Gasteiger partial charge in [0.1, 0.15) is 19.3 Å². The van der Waals surface area contributed by atoms with Gasteiger partial charge in [-0.2, -0.15) is 0 Å². The average molecular weight is 1540 g/mol. The van der Waals surface area contributed by atoms with Crippen LogP contribution in [0, 0.1) is 0 Å². The highest BCUT2D eigenvalue weighted by Crippen LogP contribution is 2.45. The molecule has 0 saturated heterocycles. The maximum atomic E-state index is 13.1. The SMILES string of the molecule is CC/C=C\C/C=C\C/C=C\C/C=C\C/C=C\CCCC(=O)OCC(COP(=O)(O)OCC(O)COP(=O)(O)OCC(COC(=O)CCCCCCCC/C=C\C/C=C\C/C=C\CCCCC)OC(=O)C/C=C\C/C=C\C/C=C\C/C=C\C/C=C\CC)OC(=O)CCC/C=C\C/C=C\C/C=C\C/C=C\C/C=C\CC. The first-order valence-electron chi connectivity index (χ1n) is 40.0. The molecule has 0 aromatic rings. The van der Waals surface area contributed by atoms with Crippen molar-refractivity contribution in [3.8, 4) is 0 Å². The quantitative estimate of drug-likeness (QED) is 0.0169. The van der Waals surface area contributed by atoms with Crippen molar-refractivity contribution in [2.45, 2.75) is 277 Å². The standard InChI is InChI=1S/C89H138O17P2/c1-5-9-13-17-21-25-29-33-37-40-41-44-47-50-54-58-62-66-70-74-87(92)100-79-84(105-88(93)75-71-67-63-59-55-51-45-36-32-28-24-20-16-12-8-4)81-103-107(95,96)101-77-83(90)78-102-108(97,98)104-82-85(106-89(94)76-72-68-64-60-56-52-48-43-39-35-31-27-23-19-15-11-7-3)80-99-86(91)73-69-65-61-57-53-49-46-42-38-34-30-26-22-18-14-10-6-2/h10-12,14-16,21-28,33-39,41,44-46,48-49,52,55,57,59-61,64,67,71,83-85,90H,5-9,13,17-20,29-32,40,42-43,47,50-51,53-54,56,58,62-63,65-66,68-70,72-82H2,1-4H3,(H,95,96)(H,97,98)/b14-10-,15-11-,16-12-,25-21-,26-22-,27-23-,28-24-,37-33-,38-34-,39-35-,44-41-,45-36-,49-46-,52-48-,59-55-,61-57-,64-60-,71-67-. The van der Waals surface area contributed by atoms with E-state index in [4.69, 9.17) is 37.0 Å². The number of esters is 4. The van der Waals surface area contributed by atoms with Crippen molar-refractivity contribution in [1.29, 1.82) is 0 Å². The van der Waals surface area contributed by atoms with Gasteiger partial charge >= 0.3 is 39.5 Å². The van der Waals surface area contributed by atoms with Crippen molar-refractivity contribution in [2.75, 3.05) is 39.6 Å². The highest BCUT2D eigenvalue weighted by Gasteiger charge is 2.30. The minimum atomic E-state index is -5.03. The summed E-state index contributed by atoms with van der Waals surface area (Å²) < 4.78 is 68.4.